The van der Waals surface area contributed by atoms with Gasteiger partial charge in [0.2, 0.25) is 0 Å². The molecular formula is C23H25N3O2. The van der Waals surface area contributed by atoms with Crippen molar-refractivity contribution >= 4 is 22.9 Å². The molecule has 1 aromatic heterocycles. The summed E-state index contributed by atoms with van der Waals surface area (Å²) in [6.45, 7) is 6.42. The highest BCUT2D eigenvalue weighted by atomic mass is 16.5. The second-order valence-electron chi connectivity index (χ2n) is 7.79. The normalized spacial score (nSPS) is 15.1. The molecule has 1 aliphatic heterocycles. The van der Waals surface area contributed by atoms with Gasteiger partial charge in [0.1, 0.15) is 0 Å². The summed E-state index contributed by atoms with van der Waals surface area (Å²) in [7, 11) is 0. The molecule has 1 aliphatic rings. The van der Waals surface area contributed by atoms with Crippen LogP contribution >= 0.6 is 0 Å². The number of amides is 1. The van der Waals surface area contributed by atoms with E-state index < -0.39 is 5.91 Å². The standard InChI is InChI=1S/C23H25N3O2/c1-23(2,17-10-7-16(8-11-17)9-12-22(27)25-28)26-14-13-19-18-5-3-4-6-20(18)24-21(19)15-26/h3-12,24,28H,13-15H2,1-2H3,(H,25,27). The predicted molar refractivity (Wildman–Crippen MR) is 111 cm³/mol. The van der Waals surface area contributed by atoms with Crippen molar-refractivity contribution in [2.45, 2.75) is 32.4 Å². The molecule has 5 nitrogen and oxygen atoms in total. The summed E-state index contributed by atoms with van der Waals surface area (Å²) in [5, 5.41) is 9.91. The van der Waals surface area contributed by atoms with Crippen molar-refractivity contribution in [3.63, 3.8) is 0 Å². The fourth-order valence-corrected chi connectivity index (χ4v) is 4.06. The summed E-state index contributed by atoms with van der Waals surface area (Å²) in [5.74, 6) is -0.535. The van der Waals surface area contributed by atoms with Gasteiger partial charge in [0.25, 0.3) is 5.91 Å². The van der Waals surface area contributed by atoms with Gasteiger partial charge in [-0.05, 0) is 49.1 Å². The van der Waals surface area contributed by atoms with E-state index in [2.05, 4.69) is 60.1 Å². The lowest BCUT2D eigenvalue weighted by atomic mass is 9.89. The van der Waals surface area contributed by atoms with Gasteiger partial charge < -0.3 is 4.98 Å². The van der Waals surface area contributed by atoms with Crippen molar-refractivity contribution < 1.29 is 10.0 Å². The Balaban J connectivity index is 1.55. The highest BCUT2D eigenvalue weighted by Crippen LogP contribution is 2.35. The fourth-order valence-electron chi connectivity index (χ4n) is 4.06. The number of H-pyrrole nitrogens is 1. The van der Waals surface area contributed by atoms with Crippen LogP contribution in [0.1, 0.15) is 36.2 Å². The van der Waals surface area contributed by atoms with E-state index in [1.807, 2.05) is 12.1 Å². The van der Waals surface area contributed by atoms with Crippen LogP contribution in [0.5, 0.6) is 0 Å². The van der Waals surface area contributed by atoms with Crippen LogP contribution in [-0.4, -0.2) is 27.5 Å². The minimum Gasteiger partial charge on any atom is -0.357 e. The summed E-state index contributed by atoms with van der Waals surface area (Å²) < 4.78 is 0. The third kappa shape index (κ3) is 3.35. The number of carbonyl (C=O) groups is 1. The van der Waals surface area contributed by atoms with Gasteiger partial charge >= 0.3 is 0 Å². The molecule has 0 aliphatic carbocycles. The van der Waals surface area contributed by atoms with E-state index in [1.54, 1.807) is 11.6 Å². The highest BCUT2D eigenvalue weighted by Gasteiger charge is 2.32. The Labute approximate surface area is 164 Å². The van der Waals surface area contributed by atoms with Gasteiger partial charge in [0, 0.05) is 41.3 Å². The maximum absolute atomic E-state index is 11.1. The summed E-state index contributed by atoms with van der Waals surface area (Å²) in [6, 6.07) is 16.7. The Morgan fingerprint density at radius 1 is 1.18 bits per heavy atom. The zero-order valence-electron chi connectivity index (χ0n) is 16.2. The molecule has 144 valence electrons. The zero-order chi connectivity index (χ0) is 19.7. The molecule has 2 aromatic carbocycles. The van der Waals surface area contributed by atoms with Gasteiger partial charge in [0.05, 0.1) is 0 Å². The van der Waals surface area contributed by atoms with Crippen LogP contribution in [0.2, 0.25) is 0 Å². The average molecular weight is 375 g/mol. The summed E-state index contributed by atoms with van der Waals surface area (Å²) in [4.78, 5) is 17.2. The number of aromatic nitrogens is 1. The van der Waals surface area contributed by atoms with Crippen molar-refractivity contribution in [1.82, 2.24) is 15.4 Å². The molecular weight excluding hydrogens is 350 g/mol. The number of benzene rings is 2. The number of hydrogen-bond acceptors (Lipinski definition) is 3. The number of hydrogen-bond donors (Lipinski definition) is 3. The second kappa shape index (κ2) is 7.26. The van der Waals surface area contributed by atoms with E-state index >= 15 is 0 Å². The quantitative estimate of drug-likeness (QED) is 0.367. The van der Waals surface area contributed by atoms with Gasteiger partial charge in [-0.1, -0.05) is 42.5 Å². The predicted octanol–water partition coefficient (Wildman–Crippen LogP) is 3.98. The van der Waals surface area contributed by atoms with Crippen LogP contribution in [0, 0.1) is 0 Å². The van der Waals surface area contributed by atoms with E-state index in [0.29, 0.717) is 0 Å². The number of nitrogens with one attached hydrogen (secondary N) is 2. The monoisotopic (exact) mass is 375 g/mol. The molecule has 3 aromatic rings. The number of aromatic amines is 1. The SMILES string of the molecule is CC(C)(c1ccc(C=CC(=O)NO)cc1)N1CCc2c([nH]c3ccccc23)C1. The van der Waals surface area contributed by atoms with Crippen molar-refractivity contribution in [3.05, 3.63) is 77.0 Å². The van der Waals surface area contributed by atoms with Gasteiger partial charge in [-0.25, -0.2) is 5.48 Å². The van der Waals surface area contributed by atoms with Crippen LogP contribution in [0.4, 0.5) is 0 Å². The van der Waals surface area contributed by atoms with Crippen molar-refractivity contribution in [1.29, 1.82) is 0 Å². The summed E-state index contributed by atoms with van der Waals surface area (Å²) in [5.41, 5.74) is 7.62. The first-order valence-corrected chi connectivity index (χ1v) is 9.55. The molecule has 4 rings (SSSR count). The van der Waals surface area contributed by atoms with Gasteiger partial charge in [-0.3, -0.25) is 14.9 Å². The second-order valence-corrected chi connectivity index (χ2v) is 7.79. The first-order chi connectivity index (χ1) is 13.5. The molecule has 0 bridgehead atoms. The van der Waals surface area contributed by atoms with Crippen molar-refractivity contribution in [2.75, 3.05) is 6.54 Å². The Morgan fingerprint density at radius 2 is 1.93 bits per heavy atom. The fraction of sp³-hybridized carbons (Fsp3) is 0.261. The number of nitrogens with zero attached hydrogens (tertiary/aromatic N) is 1. The zero-order valence-corrected chi connectivity index (χ0v) is 16.2. The molecule has 0 saturated carbocycles. The topological polar surface area (TPSA) is 68.4 Å². The highest BCUT2D eigenvalue weighted by molar-refractivity contribution is 5.90. The molecule has 0 unspecified atom stereocenters. The minimum absolute atomic E-state index is 0.111. The maximum atomic E-state index is 11.1. The van der Waals surface area contributed by atoms with Crippen LogP contribution in [-0.2, 0) is 23.3 Å². The molecule has 0 spiro atoms. The third-order valence-electron chi connectivity index (χ3n) is 5.83. The Bertz CT molecular complexity index is 1030. The lowest BCUT2D eigenvalue weighted by molar-refractivity contribution is -0.124. The van der Waals surface area contributed by atoms with Crippen molar-refractivity contribution in [3.8, 4) is 0 Å². The van der Waals surface area contributed by atoms with Crippen molar-refractivity contribution in [2.24, 2.45) is 0 Å². The van der Waals surface area contributed by atoms with E-state index in [9.17, 15) is 4.79 Å². The van der Waals surface area contributed by atoms with E-state index in [1.165, 1.54) is 33.8 Å². The largest absolute Gasteiger partial charge is 0.357 e. The van der Waals surface area contributed by atoms with Crippen LogP contribution in [0.3, 0.4) is 0 Å². The van der Waals surface area contributed by atoms with Crippen LogP contribution in [0.15, 0.2) is 54.6 Å². The molecule has 28 heavy (non-hydrogen) atoms. The van der Waals surface area contributed by atoms with Gasteiger partial charge in [0.15, 0.2) is 0 Å². The summed E-state index contributed by atoms with van der Waals surface area (Å²) in [6.07, 6.45) is 4.03. The number of carbonyl (C=O) groups excluding carboxylic acids is 1. The van der Waals surface area contributed by atoms with E-state index in [0.717, 1.165) is 25.1 Å². The van der Waals surface area contributed by atoms with E-state index in [-0.39, 0.29) is 5.54 Å². The maximum Gasteiger partial charge on any atom is 0.267 e. The Hall–Kier alpha value is -2.89. The van der Waals surface area contributed by atoms with E-state index in [4.69, 9.17) is 5.21 Å². The number of fused-ring (bicyclic) bond motifs is 3. The lowest BCUT2D eigenvalue weighted by Crippen LogP contribution is -2.44. The Morgan fingerprint density at radius 3 is 2.68 bits per heavy atom. The molecule has 0 saturated heterocycles. The molecule has 5 heteroatoms. The average Bonchev–Trinajstić information content (AvgIpc) is 3.10. The van der Waals surface area contributed by atoms with Crippen LogP contribution < -0.4 is 5.48 Å². The first kappa shape index (κ1) is 18.5. The molecule has 2 heterocycles. The van der Waals surface area contributed by atoms with Gasteiger partial charge in [-0.2, -0.15) is 0 Å². The van der Waals surface area contributed by atoms with Gasteiger partial charge in [-0.15, -0.1) is 0 Å². The lowest BCUT2D eigenvalue weighted by Gasteiger charge is -2.41. The smallest absolute Gasteiger partial charge is 0.267 e. The number of rotatable bonds is 4. The Kier molecular flexibility index (Phi) is 4.79. The third-order valence-corrected chi connectivity index (χ3v) is 5.83. The molecule has 0 atom stereocenters. The van der Waals surface area contributed by atoms with Crippen LogP contribution in [0.25, 0.3) is 17.0 Å². The summed E-state index contributed by atoms with van der Waals surface area (Å²) >= 11 is 0. The molecule has 1 amide bonds. The first-order valence-electron chi connectivity index (χ1n) is 9.55. The number of hydroxylamine groups is 1. The number of para-hydroxylation sites is 1. The molecule has 0 fully saturated rings. The minimum atomic E-state index is -0.535. The molecule has 0 radical (unpaired) electrons. The molecule has 3 N–H and O–H groups in total.